The van der Waals surface area contributed by atoms with Gasteiger partial charge in [-0.2, -0.15) is 5.10 Å². The zero-order valence-electron chi connectivity index (χ0n) is 9.94. The fourth-order valence-corrected chi connectivity index (χ4v) is 2.94. The minimum Gasteiger partial charge on any atom is -0.481 e. The second kappa shape index (κ2) is 3.73. The van der Waals surface area contributed by atoms with Crippen LogP contribution in [0.3, 0.4) is 0 Å². The van der Waals surface area contributed by atoms with Gasteiger partial charge in [0.05, 0.1) is 11.2 Å². The van der Waals surface area contributed by atoms with Gasteiger partial charge in [-0.25, -0.2) is 0 Å². The van der Waals surface area contributed by atoms with Gasteiger partial charge in [0.15, 0.2) is 0 Å². The molecule has 0 atom stereocenters. The Labute approximate surface area is 104 Å². The molecule has 1 aromatic carbocycles. The number of aliphatic carboxylic acids is 1. The van der Waals surface area contributed by atoms with Gasteiger partial charge in [0.25, 0.3) is 0 Å². The maximum atomic E-state index is 11.7. The lowest BCUT2D eigenvalue weighted by Gasteiger charge is -2.22. The smallest absolute Gasteiger partial charge is 0.315 e. The molecule has 5 heteroatoms. The normalized spacial score (nSPS) is 18.2. The number of H-pyrrole nitrogens is 1. The van der Waals surface area contributed by atoms with E-state index in [1.54, 1.807) is 12.1 Å². The average molecular weight is 245 g/mol. The number of hydrogen-bond donors (Lipinski definition) is 3. The Morgan fingerprint density at radius 1 is 1.39 bits per heavy atom. The molecule has 5 nitrogen and oxygen atoms in total. The molecule has 4 N–H and O–H groups in total. The summed E-state index contributed by atoms with van der Waals surface area (Å²) in [5.74, 6) is -0.770. The van der Waals surface area contributed by atoms with Crippen LogP contribution in [0.2, 0.25) is 0 Å². The third kappa shape index (κ3) is 1.40. The van der Waals surface area contributed by atoms with Crippen molar-refractivity contribution in [1.82, 2.24) is 10.2 Å². The first-order valence-electron chi connectivity index (χ1n) is 6.11. The number of rotatable bonds is 2. The molecule has 0 saturated heterocycles. The lowest BCUT2D eigenvalue weighted by atomic mass is 9.81. The molecule has 0 aliphatic heterocycles. The molecule has 0 amide bonds. The molecular weight excluding hydrogens is 230 g/mol. The molecular formula is C13H15N3O2. The van der Waals surface area contributed by atoms with Gasteiger partial charge in [0.2, 0.25) is 0 Å². The number of nitrogens with two attached hydrogens (primary N) is 1. The largest absolute Gasteiger partial charge is 0.481 e. The minimum atomic E-state index is -0.817. The SMILES string of the molecule is Nc1ccc2n[nH]c(C3(C(=O)O)CCCC3)c2c1. The van der Waals surface area contributed by atoms with Gasteiger partial charge in [-0.1, -0.05) is 12.8 Å². The summed E-state index contributed by atoms with van der Waals surface area (Å²) < 4.78 is 0. The minimum absolute atomic E-state index is 0.628. The number of nitrogen functional groups attached to an aromatic ring is 1. The number of carboxylic acids is 1. The number of hydrogen-bond acceptors (Lipinski definition) is 3. The fraction of sp³-hybridized carbons (Fsp3) is 0.385. The summed E-state index contributed by atoms with van der Waals surface area (Å²) >= 11 is 0. The summed E-state index contributed by atoms with van der Waals surface area (Å²) in [6.45, 7) is 0. The summed E-state index contributed by atoms with van der Waals surface area (Å²) in [6.07, 6.45) is 3.20. The Morgan fingerprint density at radius 3 is 2.78 bits per heavy atom. The molecule has 0 spiro atoms. The number of nitrogens with one attached hydrogen (secondary N) is 1. The van der Waals surface area contributed by atoms with Crippen molar-refractivity contribution in [2.45, 2.75) is 31.1 Å². The molecule has 1 heterocycles. The number of carbonyl (C=O) groups is 1. The third-order valence-corrected chi connectivity index (χ3v) is 3.92. The Hall–Kier alpha value is -2.04. The third-order valence-electron chi connectivity index (χ3n) is 3.92. The van der Waals surface area contributed by atoms with Crippen molar-refractivity contribution in [2.24, 2.45) is 0 Å². The number of benzene rings is 1. The molecule has 0 bridgehead atoms. The van der Waals surface area contributed by atoms with E-state index in [-0.39, 0.29) is 0 Å². The summed E-state index contributed by atoms with van der Waals surface area (Å²) in [5.41, 5.74) is 7.07. The van der Waals surface area contributed by atoms with Crippen LogP contribution in [0.25, 0.3) is 10.9 Å². The maximum absolute atomic E-state index is 11.7. The number of anilines is 1. The van der Waals surface area contributed by atoms with E-state index in [0.717, 1.165) is 23.7 Å². The van der Waals surface area contributed by atoms with E-state index in [9.17, 15) is 9.90 Å². The van der Waals surface area contributed by atoms with E-state index in [1.165, 1.54) is 0 Å². The fourth-order valence-electron chi connectivity index (χ4n) is 2.94. The predicted octanol–water partition coefficient (Wildman–Crippen LogP) is 2.04. The molecule has 0 unspecified atom stereocenters. The van der Waals surface area contributed by atoms with Crippen LogP contribution in [0, 0.1) is 0 Å². The van der Waals surface area contributed by atoms with Gasteiger partial charge >= 0.3 is 5.97 Å². The van der Waals surface area contributed by atoms with Crippen molar-refractivity contribution in [3.63, 3.8) is 0 Å². The van der Waals surface area contributed by atoms with Gasteiger partial charge in [-0.15, -0.1) is 0 Å². The maximum Gasteiger partial charge on any atom is 0.315 e. The first kappa shape index (κ1) is 11.1. The van der Waals surface area contributed by atoms with Crippen molar-refractivity contribution in [3.8, 4) is 0 Å². The van der Waals surface area contributed by atoms with Crippen LogP contribution in [0.1, 0.15) is 31.4 Å². The highest BCUT2D eigenvalue weighted by atomic mass is 16.4. The van der Waals surface area contributed by atoms with Crippen LogP contribution >= 0.6 is 0 Å². The van der Waals surface area contributed by atoms with Crippen molar-refractivity contribution in [3.05, 3.63) is 23.9 Å². The van der Waals surface area contributed by atoms with Crippen molar-refractivity contribution in [2.75, 3.05) is 5.73 Å². The monoisotopic (exact) mass is 245 g/mol. The van der Waals surface area contributed by atoms with E-state index in [1.807, 2.05) is 6.07 Å². The van der Waals surface area contributed by atoms with E-state index in [0.29, 0.717) is 24.2 Å². The second-order valence-electron chi connectivity index (χ2n) is 4.97. The van der Waals surface area contributed by atoms with Crippen molar-refractivity contribution in [1.29, 1.82) is 0 Å². The Bertz CT molecular complexity index is 612. The highest BCUT2D eigenvalue weighted by molar-refractivity contribution is 5.92. The molecule has 0 radical (unpaired) electrons. The van der Waals surface area contributed by atoms with E-state index in [2.05, 4.69) is 10.2 Å². The summed E-state index contributed by atoms with van der Waals surface area (Å²) in [7, 11) is 0. The molecule has 94 valence electrons. The summed E-state index contributed by atoms with van der Waals surface area (Å²) in [6, 6.07) is 5.39. The highest BCUT2D eigenvalue weighted by Gasteiger charge is 2.45. The van der Waals surface area contributed by atoms with Gasteiger partial charge < -0.3 is 10.8 Å². The van der Waals surface area contributed by atoms with Gasteiger partial charge in [-0.05, 0) is 31.0 Å². The zero-order valence-corrected chi connectivity index (χ0v) is 9.94. The first-order valence-corrected chi connectivity index (χ1v) is 6.11. The predicted molar refractivity (Wildman–Crippen MR) is 68.3 cm³/mol. The molecule has 3 rings (SSSR count). The van der Waals surface area contributed by atoms with Gasteiger partial charge in [0.1, 0.15) is 5.41 Å². The standard InChI is InChI=1S/C13H15N3O2/c14-8-3-4-10-9(7-8)11(16-15-10)13(12(17)18)5-1-2-6-13/h3-4,7H,1-2,5-6,14H2,(H,15,16)(H,17,18). The average Bonchev–Trinajstić information content (AvgIpc) is 2.94. The number of aromatic amines is 1. The van der Waals surface area contributed by atoms with Crippen LogP contribution in [0.5, 0.6) is 0 Å². The highest BCUT2D eigenvalue weighted by Crippen LogP contribution is 2.43. The van der Waals surface area contributed by atoms with Gasteiger partial charge in [0, 0.05) is 11.1 Å². The molecule has 1 aliphatic carbocycles. The number of fused-ring (bicyclic) bond motifs is 1. The van der Waals surface area contributed by atoms with Crippen LogP contribution in [-0.2, 0) is 10.2 Å². The number of nitrogens with zero attached hydrogens (tertiary/aromatic N) is 1. The molecule has 1 saturated carbocycles. The van der Waals surface area contributed by atoms with E-state index < -0.39 is 11.4 Å². The lowest BCUT2D eigenvalue weighted by Crippen LogP contribution is -2.33. The molecule has 1 fully saturated rings. The van der Waals surface area contributed by atoms with Gasteiger partial charge in [-0.3, -0.25) is 9.89 Å². The molecule has 1 aliphatic rings. The van der Waals surface area contributed by atoms with Crippen molar-refractivity contribution >= 4 is 22.6 Å². The van der Waals surface area contributed by atoms with E-state index >= 15 is 0 Å². The zero-order chi connectivity index (χ0) is 12.8. The Morgan fingerprint density at radius 2 is 2.11 bits per heavy atom. The first-order chi connectivity index (χ1) is 8.63. The molecule has 1 aromatic heterocycles. The van der Waals surface area contributed by atoms with Crippen LogP contribution in [0.4, 0.5) is 5.69 Å². The lowest BCUT2D eigenvalue weighted by molar-refractivity contribution is -0.143. The molecule has 2 aromatic rings. The quantitative estimate of drug-likeness (QED) is 0.706. The second-order valence-corrected chi connectivity index (χ2v) is 4.97. The topological polar surface area (TPSA) is 92.0 Å². The Balaban J connectivity index is 2.24. The van der Waals surface area contributed by atoms with E-state index in [4.69, 9.17) is 5.73 Å². The van der Waals surface area contributed by atoms with Crippen LogP contribution in [-0.4, -0.2) is 21.3 Å². The number of aromatic nitrogens is 2. The van der Waals surface area contributed by atoms with Crippen molar-refractivity contribution < 1.29 is 9.90 Å². The number of carboxylic acid groups (broad SMARTS) is 1. The van der Waals surface area contributed by atoms with Crippen LogP contribution < -0.4 is 5.73 Å². The summed E-state index contributed by atoms with van der Waals surface area (Å²) in [4.78, 5) is 11.7. The van der Waals surface area contributed by atoms with Crippen LogP contribution in [0.15, 0.2) is 18.2 Å². The summed E-state index contributed by atoms with van der Waals surface area (Å²) in [5, 5.41) is 17.5. The molecule has 18 heavy (non-hydrogen) atoms. The Kier molecular flexibility index (Phi) is 2.29.